The maximum Gasteiger partial charge on any atom is 0.213 e. The van der Waals surface area contributed by atoms with Gasteiger partial charge in [0.05, 0.1) is 25.5 Å². The Morgan fingerprint density at radius 1 is 1.33 bits per heavy atom. The zero-order valence-electron chi connectivity index (χ0n) is 11.2. The highest BCUT2D eigenvalue weighted by atomic mass is 16.5. The number of likely N-dealkylation sites (N-methyl/N-ethyl adjacent to an activating group) is 1. The third-order valence-electron chi connectivity index (χ3n) is 3.51. The van der Waals surface area contributed by atoms with E-state index in [4.69, 9.17) is 9.47 Å². The summed E-state index contributed by atoms with van der Waals surface area (Å²) in [5.74, 6) is 0.643. The molecule has 1 N–H and O–H groups in total. The van der Waals surface area contributed by atoms with E-state index in [0.717, 1.165) is 12.1 Å². The van der Waals surface area contributed by atoms with Crippen LogP contribution in [0.2, 0.25) is 0 Å². The number of methoxy groups -OCH3 is 1. The molecule has 2 unspecified atom stereocenters. The lowest BCUT2D eigenvalue weighted by atomic mass is 9.92. The second-order valence-corrected chi connectivity index (χ2v) is 4.70. The van der Waals surface area contributed by atoms with Crippen LogP contribution in [0.15, 0.2) is 18.2 Å². The van der Waals surface area contributed by atoms with Crippen molar-refractivity contribution in [2.45, 2.75) is 44.4 Å². The fourth-order valence-electron chi connectivity index (χ4n) is 2.47. The highest BCUT2D eigenvalue weighted by Crippen LogP contribution is 2.22. The van der Waals surface area contributed by atoms with Crippen LogP contribution in [0, 0.1) is 0 Å². The molecule has 1 aliphatic carbocycles. The third kappa shape index (κ3) is 3.43. The number of nitrogens with one attached hydrogen (secondary N) is 1. The summed E-state index contributed by atoms with van der Waals surface area (Å²) in [6.07, 6.45) is 5.19. The van der Waals surface area contributed by atoms with Gasteiger partial charge in [0.15, 0.2) is 0 Å². The van der Waals surface area contributed by atoms with Crippen molar-refractivity contribution in [3.05, 3.63) is 23.9 Å². The number of hydrogen-bond acceptors (Lipinski definition) is 4. The normalized spacial score (nSPS) is 23.9. The van der Waals surface area contributed by atoms with Crippen molar-refractivity contribution in [2.75, 3.05) is 14.2 Å². The van der Waals surface area contributed by atoms with Crippen LogP contribution in [0.4, 0.5) is 0 Å². The maximum absolute atomic E-state index is 5.99. The minimum absolute atomic E-state index is 0.303. The Hall–Kier alpha value is -1.13. The molecule has 4 nitrogen and oxygen atoms in total. The predicted molar refractivity (Wildman–Crippen MR) is 70.7 cm³/mol. The molecule has 4 heteroatoms. The average molecular weight is 250 g/mol. The first-order valence-corrected chi connectivity index (χ1v) is 6.62. The Balaban J connectivity index is 1.89. The molecule has 0 bridgehead atoms. The summed E-state index contributed by atoms with van der Waals surface area (Å²) in [7, 11) is 3.64. The monoisotopic (exact) mass is 250 g/mol. The van der Waals surface area contributed by atoms with Gasteiger partial charge in [-0.2, -0.15) is 0 Å². The summed E-state index contributed by atoms with van der Waals surface area (Å²) in [5.41, 5.74) is 0.926. The molecule has 100 valence electrons. The molecule has 2 rings (SSSR count). The first-order valence-electron chi connectivity index (χ1n) is 6.62. The van der Waals surface area contributed by atoms with Crippen LogP contribution < -0.4 is 10.1 Å². The molecule has 1 saturated carbocycles. The first-order chi connectivity index (χ1) is 8.83. The fourth-order valence-corrected chi connectivity index (χ4v) is 2.47. The minimum atomic E-state index is 0.303. The number of ether oxygens (including phenoxy) is 2. The van der Waals surface area contributed by atoms with Gasteiger partial charge in [-0.25, -0.2) is 4.98 Å². The Kier molecular flexibility index (Phi) is 4.96. The standard InChI is InChI=1S/C14H22N2O2/c1-15-12-7-3-4-8-13(12)18-10-11-6-5-9-14(16-11)17-2/h5-6,9,12-13,15H,3-4,7-8,10H2,1-2H3. The van der Waals surface area contributed by atoms with Gasteiger partial charge in [0.25, 0.3) is 0 Å². The summed E-state index contributed by atoms with van der Waals surface area (Å²) >= 11 is 0. The maximum atomic E-state index is 5.99. The lowest BCUT2D eigenvalue weighted by molar-refractivity contribution is -0.00514. The fraction of sp³-hybridized carbons (Fsp3) is 0.643. The summed E-state index contributed by atoms with van der Waals surface area (Å²) < 4.78 is 11.1. The second kappa shape index (κ2) is 6.71. The molecule has 0 saturated heterocycles. The molecule has 1 fully saturated rings. The summed E-state index contributed by atoms with van der Waals surface area (Å²) in [6, 6.07) is 6.24. The number of hydrogen-bond donors (Lipinski definition) is 1. The SMILES string of the molecule is CNC1CCCCC1OCc1cccc(OC)n1. The molecule has 2 atom stereocenters. The van der Waals surface area contributed by atoms with Crippen molar-refractivity contribution in [1.82, 2.24) is 10.3 Å². The van der Waals surface area contributed by atoms with E-state index >= 15 is 0 Å². The Bertz CT molecular complexity index is 371. The summed E-state index contributed by atoms with van der Waals surface area (Å²) in [5, 5.41) is 3.34. The highest BCUT2D eigenvalue weighted by Gasteiger charge is 2.24. The van der Waals surface area contributed by atoms with Gasteiger partial charge in [-0.05, 0) is 26.0 Å². The van der Waals surface area contributed by atoms with E-state index in [0.29, 0.717) is 24.6 Å². The van der Waals surface area contributed by atoms with Crippen molar-refractivity contribution in [2.24, 2.45) is 0 Å². The lowest BCUT2D eigenvalue weighted by Crippen LogP contribution is -2.41. The Labute approximate surface area is 109 Å². The molecule has 18 heavy (non-hydrogen) atoms. The van der Waals surface area contributed by atoms with Gasteiger partial charge in [0.2, 0.25) is 5.88 Å². The van der Waals surface area contributed by atoms with Gasteiger partial charge in [0, 0.05) is 12.1 Å². The van der Waals surface area contributed by atoms with Crippen LogP contribution in [0.1, 0.15) is 31.4 Å². The molecule has 1 aromatic heterocycles. The van der Waals surface area contributed by atoms with Crippen LogP contribution in [0.3, 0.4) is 0 Å². The van der Waals surface area contributed by atoms with Crippen molar-refractivity contribution < 1.29 is 9.47 Å². The van der Waals surface area contributed by atoms with E-state index in [1.165, 1.54) is 19.3 Å². The molecule has 0 radical (unpaired) electrons. The zero-order valence-corrected chi connectivity index (χ0v) is 11.2. The largest absolute Gasteiger partial charge is 0.481 e. The van der Waals surface area contributed by atoms with Gasteiger partial charge in [-0.3, -0.25) is 0 Å². The van der Waals surface area contributed by atoms with Crippen molar-refractivity contribution in [3.8, 4) is 5.88 Å². The van der Waals surface area contributed by atoms with Gasteiger partial charge in [-0.15, -0.1) is 0 Å². The smallest absolute Gasteiger partial charge is 0.213 e. The van der Waals surface area contributed by atoms with Crippen molar-refractivity contribution in [3.63, 3.8) is 0 Å². The molecular formula is C14H22N2O2. The number of rotatable bonds is 5. The molecule has 1 heterocycles. The van der Waals surface area contributed by atoms with E-state index in [2.05, 4.69) is 10.3 Å². The quantitative estimate of drug-likeness (QED) is 0.869. The van der Waals surface area contributed by atoms with E-state index in [1.54, 1.807) is 7.11 Å². The zero-order chi connectivity index (χ0) is 12.8. The van der Waals surface area contributed by atoms with Crippen LogP contribution in [0.25, 0.3) is 0 Å². The first kappa shape index (κ1) is 13.3. The lowest BCUT2D eigenvalue weighted by Gasteiger charge is -2.31. The van der Waals surface area contributed by atoms with Gasteiger partial charge < -0.3 is 14.8 Å². The minimum Gasteiger partial charge on any atom is -0.481 e. The molecule has 0 aliphatic heterocycles. The molecule has 1 aliphatic rings. The topological polar surface area (TPSA) is 43.4 Å². The van der Waals surface area contributed by atoms with Crippen LogP contribution in [-0.4, -0.2) is 31.3 Å². The van der Waals surface area contributed by atoms with Gasteiger partial charge in [-0.1, -0.05) is 18.9 Å². The number of nitrogens with zero attached hydrogens (tertiary/aromatic N) is 1. The van der Waals surface area contributed by atoms with E-state index < -0.39 is 0 Å². The van der Waals surface area contributed by atoms with Crippen LogP contribution in [0.5, 0.6) is 5.88 Å². The third-order valence-corrected chi connectivity index (χ3v) is 3.51. The Morgan fingerprint density at radius 3 is 2.94 bits per heavy atom. The van der Waals surface area contributed by atoms with E-state index in [-0.39, 0.29) is 0 Å². The Morgan fingerprint density at radius 2 is 2.17 bits per heavy atom. The summed E-state index contributed by atoms with van der Waals surface area (Å²) in [6.45, 7) is 0.556. The number of pyridine rings is 1. The number of aromatic nitrogens is 1. The second-order valence-electron chi connectivity index (χ2n) is 4.70. The predicted octanol–water partition coefficient (Wildman–Crippen LogP) is 2.14. The molecule has 1 aromatic rings. The van der Waals surface area contributed by atoms with E-state index in [9.17, 15) is 0 Å². The van der Waals surface area contributed by atoms with Gasteiger partial charge in [0.1, 0.15) is 0 Å². The van der Waals surface area contributed by atoms with Crippen LogP contribution >= 0.6 is 0 Å². The van der Waals surface area contributed by atoms with E-state index in [1.807, 2.05) is 25.2 Å². The molecule has 0 amide bonds. The molecular weight excluding hydrogens is 228 g/mol. The molecule has 0 aromatic carbocycles. The average Bonchev–Trinajstić information content (AvgIpc) is 2.45. The van der Waals surface area contributed by atoms with Crippen molar-refractivity contribution in [1.29, 1.82) is 0 Å². The van der Waals surface area contributed by atoms with Gasteiger partial charge >= 0.3 is 0 Å². The van der Waals surface area contributed by atoms with Crippen LogP contribution in [-0.2, 0) is 11.3 Å². The molecule has 0 spiro atoms. The van der Waals surface area contributed by atoms with Crippen molar-refractivity contribution >= 4 is 0 Å². The summed E-state index contributed by atoms with van der Waals surface area (Å²) in [4.78, 5) is 4.36. The highest BCUT2D eigenvalue weighted by molar-refractivity contribution is 5.15.